The zero-order valence-electron chi connectivity index (χ0n) is 19.1. The summed E-state index contributed by atoms with van der Waals surface area (Å²) in [6.07, 6.45) is 0.448. The second-order valence-electron chi connectivity index (χ2n) is 8.10. The molecule has 1 aliphatic rings. The van der Waals surface area contributed by atoms with Gasteiger partial charge in [-0.3, -0.25) is 4.68 Å². The summed E-state index contributed by atoms with van der Waals surface area (Å²) in [5, 5.41) is 5.18. The predicted octanol–water partition coefficient (Wildman–Crippen LogP) is 5.08. The lowest BCUT2D eigenvalue weighted by Gasteiger charge is -2.26. The van der Waals surface area contributed by atoms with Crippen molar-refractivity contribution in [1.29, 1.82) is 0 Å². The molecule has 2 heterocycles. The Morgan fingerprint density at radius 2 is 1.71 bits per heavy atom. The molecule has 1 aromatic heterocycles. The molecule has 34 heavy (non-hydrogen) atoms. The second-order valence-corrected chi connectivity index (χ2v) is 11.2. The average Bonchev–Trinajstić information content (AvgIpc) is 2.93. The number of aromatic nitrogens is 2. The van der Waals surface area contributed by atoms with E-state index in [0.29, 0.717) is 33.7 Å². The molecule has 3 aromatic rings. The molecule has 1 aliphatic heterocycles. The maximum Gasteiger partial charge on any atom is 0.248 e. The molecule has 0 fully saturated rings. The van der Waals surface area contributed by atoms with Gasteiger partial charge in [-0.05, 0) is 48.7 Å². The number of nitrogens with zero attached hydrogens (tertiary/aromatic N) is 3. The van der Waals surface area contributed by atoms with E-state index in [-0.39, 0.29) is 23.1 Å². The summed E-state index contributed by atoms with van der Waals surface area (Å²) >= 11 is 19.0. The fraction of sp³-hybridized carbons (Fsp3) is 0.348. The van der Waals surface area contributed by atoms with E-state index in [1.54, 1.807) is 52.5 Å². The minimum atomic E-state index is -3.96. The van der Waals surface area contributed by atoms with Crippen LogP contribution in [0, 0.1) is 6.92 Å². The molecule has 4 rings (SSSR count). The number of hydrogen-bond donors (Lipinski definition) is 0. The minimum Gasteiger partial charge on any atom is -0.497 e. The fourth-order valence-electron chi connectivity index (χ4n) is 4.48. The van der Waals surface area contributed by atoms with E-state index in [1.165, 1.54) is 8.99 Å². The Morgan fingerprint density at radius 3 is 2.26 bits per heavy atom. The van der Waals surface area contributed by atoms with Crippen LogP contribution in [0.2, 0.25) is 15.2 Å². The first-order valence-corrected chi connectivity index (χ1v) is 13.0. The Morgan fingerprint density at radius 1 is 1.03 bits per heavy atom. The maximum atomic E-state index is 13.8. The summed E-state index contributed by atoms with van der Waals surface area (Å²) in [6, 6.07) is 8.94. The van der Waals surface area contributed by atoms with E-state index in [0.717, 1.165) is 16.7 Å². The molecular weight excluding hydrogens is 521 g/mol. The lowest BCUT2D eigenvalue weighted by molar-refractivity contribution is 0.385. The summed E-state index contributed by atoms with van der Waals surface area (Å²) in [5.74, 6) is 0.825. The molecule has 0 aliphatic carbocycles. The molecule has 0 spiro atoms. The van der Waals surface area contributed by atoms with Crippen molar-refractivity contribution >= 4 is 44.8 Å². The van der Waals surface area contributed by atoms with Crippen molar-refractivity contribution in [3.8, 4) is 11.5 Å². The molecule has 0 bridgehead atoms. The molecule has 0 N–H and O–H groups in total. The topological polar surface area (TPSA) is 73.7 Å². The highest BCUT2D eigenvalue weighted by Crippen LogP contribution is 2.42. The molecule has 0 radical (unpaired) electrons. The van der Waals surface area contributed by atoms with E-state index >= 15 is 0 Å². The van der Waals surface area contributed by atoms with Crippen molar-refractivity contribution in [1.82, 2.24) is 14.1 Å². The number of sulfonamides is 1. The third kappa shape index (κ3) is 4.50. The first-order chi connectivity index (χ1) is 16.1. The maximum absolute atomic E-state index is 13.8. The normalized spacial score (nSPS) is 16.7. The van der Waals surface area contributed by atoms with Crippen LogP contribution in [0.3, 0.4) is 0 Å². The van der Waals surface area contributed by atoms with Gasteiger partial charge in [-0.1, -0.05) is 34.8 Å². The third-order valence-corrected chi connectivity index (χ3v) is 9.01. The van der Waals surface area contributed by atoms with Gasteiger partial charge >= 0.3 is 0 Å². The van der Waals surface area contributed by atoms with E-state index in [9.17, 15) is 8.42 Å². The fourth-order valence-corrected chi connectivity index (χ4v) is 7.18. The Bertz CT molecular complexity index is 1340. The van der Waals surface area contributed by atoms with Crippen molar-refractivity contribution in [2.75, 3.05) is 27.3 Å². The van der Waals surface area contributed by atoms with Crippen LogP contribution in [0.4, 0.5) is 0 Å². The molecule has 0 saturated heterocycles. The summed E-state index contributed by atoms with van der Waals surface area (Å²) in [5.41, 5.74) is 2.91. The Hall–Kier alpha value is -1.97. The van der Waals surface area contributed by atoms with Gasteiger partial charge in [0.05, 0.1) is 19.9 Å². The van der Waals surface area contributed by atoms with Gasteiger partial charge in [0.25, 0.3) is 0 Å². The van der Waals surface area contributed by atoms with Crippen LogP contribution in [-0.2, 0) is 23.5 Å². The molecule has 1 atom stereocenters. The highest BCUT2D eigenvalue weighted by molar-refractivity contribution is 7.89. The molecule has 11 heteroatoms. The first kappa shape index (κ1) is 25.1. The van der Waals surface area contributed by atoms with Crippen LogP contribution in [0.15, 0.2) is 35.2 Å². The van der Waals surface area contributed by atoms with Gasteiger partial charge in [-0.2, -0.15) is 9.40 Å². The number of rotatable bonds is 5. The zero-order chi connectivity index (χ0) is 24.8. The number of halogens is 3. The molecule has 1 unspecified atom stereocenters. The van der Waals surface area contributed by atoms with E-state index < -0.39 is 15.9 Å². The molecule has 182 valence electrons. The summed E-state index contributed by atoms with van der Waals surface area (Å²) in [4.78, 5) is 0.00930. The first-order valence-electron chi connectivity index (χ1n) is 10.5. The average molecular weight is 545 g/mol. The lowest BCUT2D eigenvalue weighted by atomic mass is 9.87. The second kappa shape index (κ2) is 9.59. The van der Waals surface area contributed by atoms with Gasteiger partial charge < -0.3 is 9.47 Å². The smallest absolute Gasteiger partial charge is 0.248 e. The summed E-state index contributed by atoms with van der Waals surface area (Å²) in [7, 11) is 0.810. The van der Waals surface area contributed by atoms with Gasteiger partial charge in [0.15, 0.2) is 0 Å². The quantitative estimate of drug-likeness (QED) is 0.448. The predicted molar refractivity (Wildman–Crippen MR) is 133 cm³/mol. The molecule has 7 nitrogen and oxygen atoms in total. The van der Waals surface area contributed by atoms with Crippen LogP contribution < -0.4 is 9.47 Å². The van der Waals surface area contributed by atoms with Crippen LogP contribution in [0.5, 0.6) is 11.5 Å². The Balaban J connectivity index is 1.91. The molecule has 0 amide bonds. The number of aryl methyl sites for hydroxylation is 2. The van der Waals surface area contributed by atoms with E-state index in [4.69, 9.17) is 44.3 Å². The highest BCUT2D eigenvalue weighted by Gasteiger charge is 2.37. The highest BCUT2D eigenvalue weighted by atomic mass is 35.5. The van der Waals surface area contributed by atoms with Crippen LogP contribution in [-0.4, -0.2) is 49.8 Å². The van der Waals surface area contributed by atoms with Crippen molar-refractivity contribution in [3.05, 3.63) is 67.9 Å². The van der Waals surface area contributed by atoms with Crippen LogP contribution in [0.1, 0.15) is 28.3 Å². The van der Waals surface area contributed by atoms with Crippen LogP contribution >= 0.6 is 34.8 Å². The van der Waals surface area contributed by atoms with Gasteiger partial charge in [-0.15, -0.1) is 0 Å². The zero-order valence-corrected chi connectivity index (χ0v) is 22.2. The van der Waals surface area contributed by atoms with Crippen LogP contribution in [0.25, 0.3) is 0 Å². The van der Waals surface area contributed by atoms with Gasteiger partial charge in [0.2, 0.25) is 10.0 Å². The number of hydrogen-bond acceptors (Lipinski definition) is 5. The number of benzene rings is 2. The number of fused-ring (bicyclic) bond motifs is 1. The van der Waals surface area contributed by atoms with Crippen molar-refractivity contribution < 1.29 is 17.9 Å². The molecule has 0 saturated carbocycles. The van der Waals surface area contributed by atoms with Gasteiger partial charge in [0.1, 0.15) is 21.5 Å². The molecule has 2 aromatic carbocycles. The van der Waals surface area contributed by atoms with Crippen molar-refractivity contribution in [2.24, 2.45) is 7.05 Å². The van der Waals surface area contributed by atoms with Crippen molar-refractivity contribution in [2.45, 2.75) is 24.2 Å². The summed E-state index contributed by atoms with van der Waals surface area (Å²) < 4.78 is 41.6. The minimum absolute atomic E-state index is 0.00930. The standard InChI is InChI=1S/C23H24Cl3N3O4S/c1-13-22(23(26)28(2)27-13)34(30,31)29-6-5-14-9-18(32-3)11-20(33-4)21(14)19(12-29)15-7-16(24)10-17(25)8-15/h7-11,19H,5-6,12H2,1-4H3. The van der Waals surface area contributed by atoms with E-state index in [1.807, 2.05) is 6.07 Å². The summed E-state index contributed by atoms with van der Waals surface area (Å²) in [6.45, 7) is 2.01. The van der Waals surface area contributed by atoms with Gasteiger partial charge in [-0.25, -0.2) is 8.42 Å². The van der Waals surface area contributed by atoms with Gasteiger partial charge in [0, 0.05) is 47.7 Å². The SMILES string of the molecule is COc1cc2c(c(OC)c1)C(c1cc(Cl)cc(Cl)c1)CN(S(=O)(=O)c1c(C)nn(C)c1Cl)CC2. The molecular formula is C23H24Cl3N3O4S. The monoisotopic (exact) mass is 543 g/mol. The lowest BCUT2D eigenvalue weighted by Crippen LogP contribution is -2.35. The Labute approximate surface area is 214 Å². The van der Waals surface area contributed by atoms with Crippen molar-refractivity contribution in [3.63, 3.8) is 0 Å². The third-order valence-electron chi connectivity index (χ3n) is 6.01. The largest absolute Gasteiger partial charge is 0.497 e. The number of methoxy groups -OCH3 is 2. The Kier molecular flexibility index (Phi) is 7.09. The number of ether oxygens (including phenoxy) is 2. The van der Waals surface area contributed by atoms with E-state index in [2.05, 4.69) is 5.10 Å².